The molecule has 9 nitrogen and oxygen atoms in total. The van der Waals surface area contributed by atoms with Crippen molar-refractivity contribution in [1.82, 2.24) is 34.5 Å². The van der Waals surface area contributed by atoms with Crippen LogP contribution in [0, 0.1) is 0 Å². The third kappa shape index (κ3) is 4.10. The smallest absolute Gasteiger partial charge is 0.294 e. The normalized spacial score (nSPS) is 18.1. The summed E-state index contributed by atoms with van der Waals surface area (Å²) in [6.07, 6.45) is 6.66. The third-order valence-electron chi connectivity index (χ3n) is 6.53. The van der Waals surface area contributed by atoms with Crippen molar-refractivity contribution < 1.29 is 9.59 Å². The highest BCUT2D eigenvalue weighted by Crippen LogP contribution is 2.35. The molecular weight excluding hydrogens is 418 g/mol. The number of aromatic nitrogens is 5. The van der Waals surface area contributed by atoms with Gasteiger partial charge in [0.25, 0.3) is 11.8 Å². The zero-order valence-electron chi connectivity index (χ0n) is 18.9. The monoisotopic (exact) mass is 445 g/mol. The SMILES string of the molecule is CC1(C)CN(C(=O)c2nccc(C3CCC3)n2)CCN1C(=O)c1ncn(-c2ccccc2)n1. The van der Waals surface area contributed by atoms with Crippen LogP contribution in [-0.4, -0.2) is 71.5 Å². The first kappa shape index (κ1) is 21.2. The predicted octanol–water partition coefficient (Wildman–Crippen LogP) is 2.70. The lowest BCUT2D eigenvalue weighted by Gasteiger charge is -2.46. The second-order valence-corrected chi connectivity index (χ2v) is 9.28. The van der Waals surface area contributed by atoms with E-state index < -0.39 is 5.54 Å². The molecule has 0 radical (unpaired) electrons. The standard InChI is InChI=1S/C24H27N7O2/c1-24(2)15-29(22(32)20-25-12-11-19(27-20)17-7-6-8-17)13-14-30(24)23(33)21-26-16-31(28-21)18-9-4-3-5-10-18/h3-5,9-12,16-17H,6-8,13-15H2,1-2H3. The van der Waals surface area contributed by atoms with Gasteiger partial charge in [0.15, 0.2) is 0 Å². The minimum atomic E-state index is -0.589. The number of amides is 2. The Bertz CT molecular complexity index is 1170. The number of para-hydroxylation sites is 1. The Balaban J connectivity index is 1.29. The second kappa shape index (κ2) is 8.38. The predicted molar refractivity (Wildman–Crippen MR) is 121 cm³/mol. The molecule has 170 valence electrons. The lowest BCUT2D eigenvalue weighted by molar-refractivity contribution is 0.0156. The van der Waals surface area contributed by atoms with Crippen molar-refractivity contribution in [3.05, 3.63) is 66.3 Å². The van der Waals surface area contributed by atoms with E-state index in [9.17, 15) is 9.59 Å². The molecule has 3 heterocycles. The number of rotatable bonds is 4. The molecule has 1 saturated heterocycles. The molecule has 1 saturated carbocycles. The molecule has 5 rings (SSSR count). The fourth-order valence-electron chi connectivity index (χ4n) is 4.44. The average molecular weight is 446 g/mol. The Labute approximate surface area is 192 Å². The fourth-order valence-corrected chi connectivity index (χ4v) is 4.44. The molecule has 2 amide bonds. The molecule has 3 aromatic rings. The van der Waals surface area contributed by atoms with Gasteiger partial charge in [-0.1, -0.05) is 24.6 Å². The number of benzene rings is 1. The lowest BCUT2D eigenvalue weighted by atomic mass is 9.83. The number of nitrogens with zero attached hydrogens (tertiary/aromatic N) is 7. The number of carbonyl (C=O) groups is 2. The number of hydrogen-bond donors (Lipinski definition) is 0. The van der Waals surface area contributed by atoms with E-state index in [0.717, 1.165) is 24.2 Å². The minimum absolute atomic E-state index is 0.142. The van der Waals surface area contributed by atoms with Gasteiger partial charge in [0, 0.05) is 37.4 Å². The first-order valence-electron chi connectivity index (χ1n) is 11.3. The molecule has 1 aromatic carbocycles. The summed E-state index contributed by atoms with van der Waals surface area (Å²) < 4.78 is 1.59. The van der Waals surface area contributed by atoms with Gasteiger partial charge in [0.1, 0.15) is 6.33 Å². The van der Waals surface area contributed by atoms with E-state index in [2.05, 4.69) is 20.1 Å². The third-order valence-corrected chi connectivity index (χ3v) is 6.53. The molecule has 0 atom stereocenters. The van der Waals surface area contributed by atoms with Crippen LogP contribution in [0.25, 0.3) is 5.69 Å². The number of carbonyl (C=O) groups excluding carboxylic acids is 2. The number of hydrogen-bond acceptors (Lipinski definition) is 6. The summed E-state index contributed by atoms with van der Waals surface area (Å²) >= 11 is 0. The molecule has 1 aliphatic carbocycles. The number of piperazine rings is 1. The van der Waals surface area contributed by atoms with E-state index in [1.807, 2.05) is 50.2 Å². The Hall–Kier alpha value is -3.62. The van der Waals surface area contributed by atoms with Crippen LogP contribution in [0.5, 0.6) is 0 Å². The van der Waals surface area contributed by atoms with Crippen LogP contribution in [0.3, 0.4) is 0 Å². The quantitative estimate of drug-likeness (QED) is 0.613. The maximum atomic E-state index is 13.2. The maximum Gasteiger partial charge on any atom is 0.294 e. The van der Waals surface area contributed by atoms with Gasteiger partial charge in [-0.25, -0.2) is 19.6 Å². The van der Waals surface area contributed by atoms with Gasteiger partial charge in [0.05, 0.1) is 11.2 Å². The average Bonchev–Trinajstić information content (AvgIpc) is 3.28. The van der Waals surface area contributed by atoms with Crippen LogP contribution >= 0.6 is 0 Å². The first-order valence-corrected chi connectivity index (χ1v) is 11.3. The Morgan fingerprint density at radius 1 is 0.970 bits per heavy atom. The van der Waals surface area contributed by atoms with Gasteiger partial charge in [-0.05, 0) is 44.9 Å². The zero-order chi connectivity index (χ0) is 23.0. The van der Waals surface area contributed by atoms with Crippen LogP contribution < -0.4 is 0 Å². The molecule has 2 aliphatic rings. The van der Waals surface area contributed by atoms with Crippen LogP contribution in [-0.2, 0) is 0 Å². The van der Waals surface area contributed by atoms with Crippen LogP contribution in [0.2, 0.25) is 0 Å². The van der Waals surface area contributed by atoms with Crippen molar-refractivity contribution in [3.63, 3.8) is 0 Å². The first-order chi connectivity index (χ1) is 15.9. The van der Waals surface area contributed by atoms with Crippen LogP contribution in [0.15, 0.2) is 48.9 Å². The molecule has 0 spiro atoms. The molecule has 1 aliphatic heterocycles. The van der Waals surface area contributed by atoms with E-state index in [4.69, 9.17) is 0 Å². The van der Waals surface area contributed by atoms with Crippen molar-refractivity contribution in [2.45, 2.75) is 44.6 Å². The molecular formula is C24H27N7O2. The van der Waals surface area contributed by atoms with E-state index in [0.29, 0.717) is 25.6 Å². The summed E-state index contributed by atoms with van der Waals surface area (Å²) in [7, 11) is 0. The van der Waals surface area contributed by atoms with Crippen LogP contribution in [0.4, 0.5) is 0 Å². The summed E-state index contributed by atoms with van der Waals surface area (Å²) in [5.74, 6) is 0.378. The van der Waals surface area contributed by atoms with Gasteiger partial charge < -0.3 is 9.80 Å². The molecule has 0 bridgehead atoms. The second-order valence-electron chi connectivity index (χ2n) is 9.28. The van der Waals surface area contributed by atoms with Crippen molar-refractivity contribution in [3.8, 4) is 5.69 Å². The van der Waals surface area contributed by atoms with Gasteiger partial charge in [-0.3, -0.25) is 9.59 Å². The lowest BCUT2D eigenvalue weighted by Crippen LogP contribution is -2.62. The highest BCUT2D eigenvalue weighted by molar-refractivity contribution is 5.93. The Morgan fingerprint density at radius 3 is 2.45 bits per heavy atom. The van der Waals surface area contributed by atoms with E-state index in [1.165, 1.54) is 6.42 Å². The van der Waals surface area contributed by atoms with Gasteiger partial charge in [-0.15, -0.1) is 5.10 Å². The molecule has 0 N–H and O–H groups in total. The Morgan fingerprint density at radius 2 is 1.76 bits per heavy atom. The highest BCUT2D eigenvalue weighted by Gasteiger charge is 2.40. The van der Waals surface area contributed by atoms with Gasteiger partial charge in [0.2, 0.25) is 11.6 Å². The summed E-state index contributed by atoms with van der Waals surface area (Å²) in [4.78, 5) is 42.9. The molecule has 2 aromatic heterocycles. The van der Waals surface area contributed by atoms with Crippen molar-refractivity contribution in [1.29, 1.82) is 0 Å². The highest BCUT2D eigenvalue weighted by atomic mass is 16.2. The van der Waals surface area contributed by atoms with Gasteiger partial charge in [-0.2, -0.15) is 0 Å². The Kier molecular flexibility index (Phi) is 5.39. The molecule has 0 unspecified atom stereocenters. The summed E-state index contributed by atoms with van der Waals surface area (Å²) in [5.41, 5.74) is 1.20. The summed E-state index contributed by atoms with van der Waals surface area (Å²) in [6, 6.07) is 11.4. The van der Waals surface area contributed by atoms with Crippen molar-refractivity contribution in [2.24, 2.45) is 0 Å². The van der Waals surface area contributed by atoms with E-state index in [-0.39, 0.29) is 23.5 Å². The van der Waals surface area contributed by atoms with E-state index >= 15 is 0 Å². The fraction of sp³-hybridized carbons (Fsp3) is 0.417. The maximum absolute atomic E-state index is 13.2. The van der Waals surface area contributed by atoms with Crippen molar-refractivity contribution in [2.75, 3.05) is 19.6 Å². The molecule has 9 heteroatoms. The minimum Gasteiger partial charge on any atom is -0.332 e. The summed E-state index contributed by atoms with van der Waals surface area (Å²) in [6.45, 7) is 5.08. The van der Waals surface area contributed by atoms with Crippen molar-refractivity contribution >= 4 is 11.8 Å². The molecule has 2 fully saturated rings. The zero-order valence-corrected chi connectivity index (χ0v) is 18.9. The van der Waals surface area contributed by atoms with E-state index in [1.54, 1.807) is 27.0 Å². The largest absolute Gasteiger partial charge is 0.332 e. The van der Waals surface area contributed by atoms with Crippen LogP contribution in [0.1, 0.15) is 66.0 Å². The molecule has 33 heavy (non-hydrogen) atoms. The topological polar surface area (TPSA) is 97.1 Å². The summed E-state index contributed by atoms with van der Waals surface area (Å²) in [5, 5.41) is 4.38. The van der Waals surface area contributed by atoms with Gasteiger partial charge >= 0.3 is 0 Å².